The van der Waals surface area contributed by atoms with Crippen LogP contribution >= 0.6 is 0 Å². The highest BCUT2D eigenvalue weighted by molar-refractivity contribution is 5.87. The van der Waals surface area contributed by atoms with Crippen LogP contribution in [0.1, 0.15) is 44.9 Å². The van der Waals surface area contributed by atoms with Gasteiger partial charge in [0.15, 0.2) is 0 Å². The zero-order valence-corrected chi connectivity index (χ0v) is 32.0. The number of amides is 3. The molecule has 0 saturated carbocycles. The Morgan fingerprint density at radius 2 is 1.56 bits per heavy atom. The van der Waals surface area contributed by atoms with Gasteiger partial charge in [-0.2, -0.15) is 9.37 Å². The predicted octanol–water partition coefficient (Wildman–Crippen LogP) is 2.76. The quantitative estimate of drug-likeness (QED) is 0.0672. The van der Waals surface area contributed by atoms with E-state index in [0.29, 0.717) is 103 Å². The van der Waals surface area contributed by atoms with E-state index in [1.165, 1.54) is 6.08 Å². The van der Waals surface area contributed by atoms with Crippen molar-refractivity contribution in [2.75, 3.05) is 105 Å². The molecule has 1 unspecified atom stereocenters. The Labute approximate surface area is 323 Å². The summed E-state index contributed by atoms with van der Waals surface area (Å²) in [5, 5.41) is 11.7. The summed E-state index contributed by atoms with van der Waals surface area (Å²) in [6.07, 6.45) is 5.93. The third-order valence-corrected chi connectivity index (χ3v) is 8.06. The zero-order valence-electron chi connectivity index (χ0n) is 32.0. The van der Waals surface area contributed by atoms with Gasteiger partial charge in [0.2, 0.25) is 29.5 Å². The molecule has 1 aromatic carbocycles. The Kier molecular flexibility index (Phi) is 22.9. The van der Waals surface area contributed by atoms with Crippen molar-refractivity contribution >= 4 is 29.4 Å². The minimum absolute atomic E-state index is 0.0926. The summed E-state index contributed by atoms with van der Waals surface area (Å²) in [7, 11) is 1.91. The zero-order chi connectivity index (χ0) is 39.4. The Balaban J connectivity index is 1.17. The van der Waals surface area contributed by atoms with Gasteiger partial charge in [0.05, 0.1) is 52.4 Å². The van der Waals surface area contributed by atoms with Gasteiger partial charge >= 0.3 is 0 Å². The van der Waals surface area contributed by atoms with Crippen molar-refractivity contribution in [2.45, 2.75) is 51.0 Å². The van der Waals surface area contributed by atoms with E-state index in [9.17, 15) is 18.8 Å². The molecule has 0 radical (unpaired) electrons. The van der Waals surface area contributed by atoms with Gasteiger partial charge in [-0.15, -0.1) is 0 Å². The van der Waals surface area contributed by atoms with Crippen LogP contribution in [-0.4, -0.2) is 138 Å². The number of nitrogens with one attached hydrogen (secondary N) is 4. The first kappa shape index (κ1) is 45.0. The summed E-state index contributed by atoms with van der Waals surface area (Å²) in [5.41, 5.74) is 0.618. The van der Waals surface area contributed by atoms with Crippen molar-refractivity contribution < 1.29 is 47.2 Å². The number of likely N-dealkylation sites (tertiary alicyclic amines) is 1. The SMILES string of the molecule is C=CC(=O)N1CCCC(Oc2nc(Nc3cccc(OCCOCCNC(=O)CCCC(=O)NCCCOCCOCCOCCCNC)c3)ncc2F)C1. The second kappa shape index (κ2) is 28.1. The van der Waals surface area contributed by atoms with Crippen LogP contribution in [0, 0.1) is 5.82 Å². The maximum Gasteiger partial charge on any atom is 0.255 e. The molecule has 16 nitrogen and oxygen atoms in total. The second-order valence-electron chi connectivity index (χ2n) is 12.5. The standard InChI is InChI=1S/C38H58FN7O9/c1-3-36(49)46-17-6-11-32(29-46)55-37-33(39)28-43-38(45-37)44-30-9-4-10-31(27-30)54-26-25-52-20-16-42-35(48)13-5-12-34(47)41-15-8-19-51-22-24-53-23-21-50-18-7-14-40-2/h3-4,9-10,27-28,32,40H,1,5-8,11-26,29H2,2H3,(H,41,47)(H,42,48)(H,43,44,45). The van der Waals surface area contributed by atoms with E-state index < -0.39 is 11.9 Å². The highest BCUT2D eigenvalue weighted by atomic mass is 19.1. The number of carbonyl (C=O) groups excluding carboxylic acids is 3. The van der Waals surface area contributed by atoms with Crippen LogP contribution < -0.4 is 30.7 Å². The number of ether oxygens (including phenoxy) is 6. The Morgan fingerprint density at radius 1 is 0.891 bits per heavy atom. The molecule has 1 fully saturated rings. The van der Waals surface area contributed by atoms with Gasteiger partial charge in [0, 0.05) is 57.4 Å². The van der Waals surface area contributed by atoms with E-state index in [0.717, 1.165) is 32.2 Å². The molecular weight excluding hydrogens is 717 g/mol. The fourth-order valence-corrected chi connectivity index (χ4v) is 5.27. The maximum absolute atomic E-state index is 14.5. The Bertz CT molecular complexity index is 1420. The highest BCUT2D eigenvalue weighted by Crippen LogP contribution is 2.24. The molecule has 55 heavy (non-hydrogen) atoms. The predicted molar refractivity (Wildman–Crippen MR) is 204 cm³/mol. The van der Waals surface area contributed by atoms with Crippen molar-refractivity contribution in [3.63, 3.8) is 0 Å². The molecule has 1 aliphatic rings. The number of hydrogen-bond acceptors (Lipinski definition) is 13. The van der Waals surface area contributed by atoms with Gasteiger partial charge in [0.25, 0.3) is 5.88 Å². The molecule has 1 saturated heterocycles. The number of piperidine rings is 1. The smallest absolute Gasteiger partial charge is 0.255 e. The van der Waals surface area contributed by atoms with Gasteiger partial charge in [-0.05, 0) is 63.9 Å². The average Bonchev–Trinajstić information content (AvgIpc) is 3.19. The first-order valence-corrected chi connectivity index (χ1v) is 19.0. The molecule has 1 aliphatic heterocycles. The van der Waals surface area contributed by atoms with E-state index in [1.54, 1.807) is 29.2 Å². The number of aromatic nitrogens is 2. The number of benzene rings is 1. The summed E-state index contributed by atoms with van der Waals surface area (Å²) in [6, 6.07) is 7.10. The van der Waals surface area contributed by atoms with E-state index in [-0.39, 0.29) is 49.0 Å². The minimum Gasteiger partial charge on any atom is -0.491 e. The lowest BCUT2D eigenvalue weighted by atomic mass is 10.1. The van der Waals surface area contributed by atoms with E-state index in [2.05, 4.69) is 37.8 Å². The van der Waals surface area contributed by atoms with Crippen LogP contribution in [0.15, 0.2) is 43.1 Å². The summed E-state index contributed by atoms with van der Waals surface area (Å²) in [4.78, 5) is 46.0. The number of hydrogen-bond donors (Lipinski definition) is 4. The van der Waals surface area contributed by atoms with Crippen LogP contribution in [0.25, 0.3) is 0 Å². The summed E-state index contributed by atoms with van der Waals surface area (Å²) in [6.45, 7) is 10.5. The van der Waals surface area contributed by atoms with Crippen molar-refractivity contribution in [2.24, 2.45) is 0 Å². The highest BCUT2D eigenvalue weighted by Gasteiger charge is 2.25. The van der Waals surface area contributed by atoms with Crippen LogP contribution in [0.3, 0.4) is 0 Å². The molecule has 0 bridgehead atoms. The minimum atomic E-state index is -0.699. The van der Waals surface area contributed by atoms with E-state index >= 15 is 0 Å². The van der Waals surface area contributed by atoms with Gasteiger partial charge < -0.3 is 54.6 Å². The number of rotatable bonds is 30. The molecule has 1 aromatic heterocycles. The normalized spacial score (nSPS) is 13.9. The molecule has 4 N–H and O–H groups in total. The first-order valence-electron chi connectivity index (χ1n) is 19.0. The Hall–Kier alpha value is -4.42. The molecule has 3 rings (SSSR count). The number of nitrogens with zero attached hydrogens (tertiary/aromatic N) is 3. The van der Waals surface area contributed by atoms with Crippen molar-refractivity contribution in [3.05, 3.63) is 48.9 Å². The van der Waals surface area contributed by atoms with Crippen LogP contribution in [0.2, 0.25) is 0 Å². The maximum atomic E-state index is 14.5. The van der Waals surface area contributed by atoms with Gasteiger partial charge in [0.1, 0.15) is 18.5 Å². The monoisotopic (exact) mass is 775 g/mol. The second-order valence-corrected chi connectivity index (χ2v) is 12.5. The third-order valence-electron chi connectivity index (χ3n) is 8.06. The molecule has 2 heterocycles. The molecule has 2 aromatic rings. The van der Waals surface area contributed by atoms with Crippen molar-refractivity contribution in [1.82, 2.24) is 30.8 Å². The van der Waals surface area contributed by atoms with Gasteiger partial charge in [-0.25, -0.2) is 4.98 Å². The lowest BCUT2D eigenvalue weighted by molar-refractivity contribution is -0.128. The lowest BCUT2D eigenvalue weighted by Gasteiger charge is -2.32. The fourth-order valence-electron chi connectivity index (χ4n) is 5.27. The summed E-state index contributed by atoms with van der Waals surface area (Å²) in [5.74, 6) is -0.609. The van der Waals surface area contributed by atoms with Crippen LogP contribution in [-0.2, 0) is 33.3 Å². The van der Waals surface area contributed by atoms with Crippen molar-refractivity contribution in [1.29, 1.82) is 0 Å². The Morgan fingerprint density at radius 3 is 2.29 bits per heavy atom. The van der Waals surface area contributed by atoms with Gasteiger partial charge in [-0.3, -0.25) is 14.4 Å². The number of halogens is 1. The third kappa shape index (κ3) is 20.2. The molecular formula is C38H58FN7O9. The van der Waals surface area contributed by atoms with E-state index in [4.69, 9.17) is 28.4 Å². The fraction of sp³-hybridized carbons (Fsp3) is 0.605. The van der Waals surface area contributed by atoms with Gasteiger partial charge in [-0.1, -0.05) is 12.6 Å². The lowest BCUT2D eigenvalue weighted by Crippen LogP contribution is -2.43. The van der Waals surface area contributed by atoms with E-state index in [1.807, 2.05) is 7.05 Å². The largest absolute Gasteiger partial charge is 0.491 e. The molecule has 0 spiro atoms. The molecule has 1 atom stereocenters. The van der Waals surface area contributed by atoms with Crippen LogP contribution in [0.5, 0.6) is 11.6 Å². The summed E-state index contributed by atoms with van der Waals surface area (Å²) < 4.78 is 48.0. The topological polar surface area (TPSA) is 184 Å². The first-order chi connectivity index (χ1) is 26.9. The number of carbonyl (C=O) groups is 3. The van der Waals surface area contributed by atoms with Crippen LogP contribution in [0.4, 0.5) is 16.0 Å². The number of anilines is 2. The molecule has 3 amide bonds. The molecule has 17 heteroatoms. The molecule has 0 aliphatic carbocycles. The summed E-state index contributed by atoms with van der Waals surface area (Å²) >= 11 is 0. The molecule has 306 valence electrons. The van der Waals surface area contributed by atoms with Crippen molar-refractivity contribution in [3.8, 4) is 11.6 Å². The average molecular weight is 776 g/mol.